The van der Waals surface area contributed by atoms with E-state index in [0.717, 1.165) is 31.8 Å². The Bertz CT molecular complexity index is 232. The standard InChI is InChI=1S/C13H26N2O/c1-4-8-15(9-11-6-7-11)12(16)13(3,5-2)10-14/h11H,4-10,14H2,1-3H3. The molecule has 0 aliphatic heterocycles. The summed E-state index contributed by atoms with van der Waals surface area (Å²) in [5.41, 5.74) is 5.39. The van der Waals surface area contributed by atoms with E-state index in [9.17, 15) is 4.79 Å². The van der Waals surface area contributed by atoms with Crippen LogP contribution in [0.25, 0.3) is 0 Å². The van der Waals surface area contributed by atoms with Crippen molar-refractivity contribution < 1.29 is 4.79 Å². The summed E-state index contributed by atoms with van der Waals surface area (Å²) in [6, 6.07) is 0. The van der Waals surface area contributed by atoms with Gasteiger partial charge in [-0.05, 0) is 38.5 Å². The maximum absolute atomic E-state index is 12.4. The summed E-state index contributed by atoms with van der Waals surface area (Å²) in [4.78, 5) is 14.5. The summed E-state index contributed by atoms with van der Waals surface area (Å²) in [7, 11) is 0. The van der Waals surface area contributed by atoms with Gasteiger partial charge < -0.3 is 10.6 Å². The topological polar surface area (TPSA) is 46.3 Å². The van der Waals surface area contributed by atoms with E-state index in [2.05, 4.69) is 6.92 Å². The molecule has 0 aromatic rings. The van der Waals surface area contributed by atoms with Crippen LogP contribution in [0.2, 0.25) is 0 Å². The van der Waals surface area contributed by atoms with E-state index >= 15 is 0 Å². The second kappa shape index (κ2) is 5.67. The van der Waals surface area contributed by atoms with Crippen LogP contribution in [0.3, 0.4) is 0 Å². The molecule has 3 heteroatoms. The maximum Gasteiger partial charge on any atom is 0.229 e. The highest BCUT2D eigenvalue weighted by atomic mass is 16.2. The first-order valence-electron chi connectivity index (χ1n) is 6.56. The Labute approximate surface area is 99.4 Å². The largest absolute Gasteiger partial charge is 0.342 e. The lowest BCUT2D eigenvalue weighted by Gasteiger charge is -2.33. The molecule has 16 heavy (non-hydrogen) atoms. The fraction of sp³-hybridized carbons (Fsp3) is 0.923. The number of amides is 1. The highest BCUT2D eigenvalue weighted by molar-refractivity contribution is 5.82. The number of hydrogen-bond donors (Lipinski definition) is 1. The van der Waals surface area contributed by atoms with E-state index in [1.165, 1.54) is 12.8 Å². The molecular weight excluding hydrogens is 200 g/mol. The van der Waals surface area contributed by atoms with Crippen molar-refractivity contribution in [1.82, 2.24) is 4.90 Å². The van der Waals surface area contributed by atoms with Crippen LogP contribution in [0.5, 0.6) is 0 Å². The fourth-order valence-corrected chi connectivity index (χ4v) is 1.92. The molecule has 1 unspecified atom stereocenters. The number of rotatable bonds is 7. The van der Waals surface area contributed by atoms with Crippen molar-refractivity contribution in [2.45, 2.75) is 46.5 Å². The lowest BCUT2D eigenvalue weighted by Crippen LogP contribution is -2.47. The van der Waals surface area contributed by atoms with E-state index in [1.807, 2.05) is 18.7 Å². The van der Waals surface area contributed by atoms with E-state index in [4.69, 9.17) is 5.73 Å². The quantitative estimate of drug-likeness (QED) is 0.722. The zero-order valence-corrected chi connectivity index (χ0v) is 11.0. The molecule has 0 heterocycles. The van der Waals surface area contributed by atoms with Gasteiger partial charge in [0.1, 0.15) is 0 Å². The minimum atomic E-state index is -0.357. The van der Waals surface area contributed by atoms with Gasteiger partial charge in [0.2, 0.25) is 5.91 Å². The average Bonchev–Trinajstić information content (AvgIpc) is 3.10. The Balaban J connectivity index is 2.63. The summed E-state index contributed by atoms with van der Waals surface area (Å²) in [6.45, 7) is 8.44. The molecule has 1 rings (SSSR count). The summed E-state index contributed by atoms with van der Waals surface area (Å²) >= 11 is 0. The van der Waals surface area contributed by atoms with Gasteiger partial charge in [0.05, 0.1) is 5.41 Å². The van der Waals surface area contributed by atoms with E-state index in [0.29, 0.717) is 6.54 Å². The van der Waals surface area contributed by atoms with Crippen LogP contribution >= 0.6 is 0 Å². The third-order valence-corrected chi connectivity index (χ3v) is 3.70. The Morgan fingerprint density at radius 3 is 2.44 bits per heavy atom. The Morgan fingerprint density at radius 1 is 1.44 bits per heavy atom. The maximum atomic E-state index is 12.4. The fourth-order valence-electron chi connectivity index (χ4n) is 1.92. The molecule has 94 valence electrons. The van der Waals surface area contributed by atoms with Gasteiger partial charge in [0.15, 0.2) is 0 Å². The van der Waals surface area contributed by atoms with Crippen molar-refractivity contribution in [3.05, 3.63) is 0 Å². The summed E-state index contributed by atoms with van der Waals surface area (Å²) in [5, 5.41) is 0. The van der Waals surface area contributed by atoms with Crippen LogP contribution in [-0.4, -0.2) is 30.4 Å². The molecule has 3 nitrogen and oxygen atoms in total. The summed E-state index contributed by atoms with van der Waals surface area (Å²) < 4.78 is 0. The molecule has 0 radical (unpaired) electrons. The summed E-state index contributed by atoms with van der Waals surface area (Å²) in [5.74, 6) is 1.01. The molecule has 1 aliphatic carbocycles. The average molecular weight is 226 g/mol. The van der Waals surface area contributed by atoms with Crippen LogP contribution in [0.15, 0.2) is 0 Å². The van der Waals surface area contributed by atoms with E-state index in [1.54, 1.807) is 0 Å². The zero-order valence-electron chi connectivity index (χ0n) is 11.0. The lowest BCUT2D eigenvalue weighted by atomic mass is 9.86. The molecular formula is C13H26N2O. The van der Waals surface area contributed by atoms with Crippen molar-refractivity contribution in [1.29, 1.82) is 0 Å². The van der Waals surface area contributed by atoms with Crippen molar-refractivity contribution in [3.63, 3.8) is 0 Å². The number of nitrogens with zero attached hydrogens (tertiary/aromatic N) is 1. The smallest absolute Gasteiger partial charge is 0.229 e. The van der Waals surface area contributed by atoms with Gasteiger partial charge in [0, 0.05) is 19.6 Å². The number of carbonyl (C=O) groups is 1. The number of nitrogens with two attached hydrogens (primary N) is 1. The Morgan fingerprint density at radius 2 is 2.06 bits per heavy atom. The van der Waals surface area contributed by atoms with Gasteiger partial charge in [-0.15, -0.1) is 0 Å². The lowest BCUT2D eigenvalue weighted by molar-refractivity contribution is -0.141. The van der Waals surface area contributed by atoms with Gasteiger partial charge >= 0.3 is 0 Å². The zero-order chi connectivity index (χ0) is 12.2. The molecule has 0 bridgehead atoms. The predicted molar refractivity (Wildman–Crippen MR) is 67.0 cm³/mol. The number of hydrogen-bond acceptors (Lipinski definition) is 2. The normalized spacial score (nSPS) is 19.2. The third kappa shape index (κ3) is 3.21. The monoisotopic (exact) mass is 226 g/mol. The van der Waals surface area contributed by atoms with Crippen LogP contribution in [0.1, 0.15) is 46.5 Å². The van der Waals surface area contributed by atoms with Crippen LogP contribution in [-0.2, 0) is 4.79 Å². The Hall–Kier alpha value is -0.570. The van der Waals surface area contributed by atoms with Crippen LogP contribution < -0.4 is 5.73 Å². The van der Waals surface area contributed by atoms with Crippen LogP contribution in [0, 0.1) is 11.3 Å². The molecule has 1 aliphatic rings. The van der Waals surface area contributed by atoms with E-state index < -0.39 is 0 Å². The van der Waals surface area contributed by atoms with Gasteiger partial charge in [-0.3, -0.25) is 4.79 Å². The second-order valence-corrected chi connectivity index (χ2v) is 5.31. The van der Waals surface area contributed by atoms with Crippen molar-refractivity contribution in [3.8, 4) is 0 Å². The molecule has 0 aromatic carbocycles. The molecule has 1 atom stereocenters. The minimum Gasteiger partial charge on any atom is -0.342 e. The molecule has 1 fully saturated rings. The van der Waals surface area contributed by atoms with Gasteiger partial charge in [-0.25, -0.2) is 0 Å². The summed E-state index contributed by atoms with van der Waals surface area (Å²) in [6.07, 6.45) is 4.44. The second-order valence-electron chi connectivity index (χ2n) is 5.31. The highest BCUT2D eigenvalue weighted by Gasteiger charge is 2.35. The molecule has 1 amide bonds. The predicted octanol–water partition coefficient (Wildman–Crippen LogP) is 2.01. The third-order valence-electron chi connectivity index (χ3n) is 3.70. The molecule has 2 N–H and O–H groups in total. The van der Waals surface area contributed by atoms with Crippen LogP contribution in [0.4, 0.5) is 0 Å². The van der Waals surface area contributed by atoms with Crippen molar-refractivity contribution in [2.75, 3.05) is 19.6 Å². The van der Waals surface area contributed by atoms with Gasteiger partial charge in [-0.1, -0.05) is 13.8 Å². The SMILES string of the molecule is CCCN(CC1CC1)C(=O)C(C)(CC)CN. The first-order chi connectivity index (χ1) is 7.57. The van der Waals surface area contributed by atoms with Gasteiger partial charge in [0.25, 0.3) is 0 Å². The number of carbonyl (C=O) groups excluding carboxylic acids is 1. The van der Waals surface area contributed by atoms with E-state index in [-0.39, 0.29) is 11.3 Å². The highest BCUT2D eigenvalue weighted by Crippen LogP contribution is 2.31. The Kier molecular flexibility index (Phi) is 4.78. The van der Waals surface area contributed by atoms with Gasteiger partial charge in [-0.2, -0.15) is 0 Å². The van der Waals surface area contributed by atoms with Crippen molar-refractivity contribution in [2.24, 2.45) is 17.1 Å². The molecule has 0 saturated heterocycles. The molecule has 1 saturated carbocycles. The molecule has 0 aromatic heterocycles. The first kappa shape index (κ1) is 13.5. The first-order valence-corrected chi connectivity index (χ1v) is 6.56. The minimum absolute atomic E-state index is 0.256. The molecule has 0 spiro atoms. The van der Waals surface area contributed by atoms with Crippen molar-refractivity contribution >= 4 is 5.91 Å².